The molecule has 0 aromatic rings. The normalized spacial score (nSPS) is 13.3. The molecular weight excluding hydrogens is 189 g/mol. The first-order chi connectivity index (χ1) is 5.73. The molecule has 0 aliphatic heterocycles. The molecule has 0 bridgehead atoms. The van der Waals surface area contributed by atoms with Crippen LogP contribution in [0.25, 0.3) is 0 Å². The van der Waals surface area contributed by atoms with Crippen molar-refractivity contribution in [3.63, 3.8) is 0 Å². The Labute approximate surface area is 80.2 Å². The van der Waals surface area contributed by atoms with Crippen molar-refractivity contribution in [2.75, 3.05) is 13.1 Å². The lowest BCUT2D eigenvalue weighted by atomic mass is 10.2. The fraction of sp³-hybridized carbons (Fsp3) is 1.00. The van der Waals surface area contributed by atoms with Gasteiger partial charge in [-0.2, -0.15) is 0 Å². The van der Waals surface area contributed by atoms with Gasteiger partial charge in [0.1, 0.15) is 0 Å². The van der Waals surface area contributed by atoms with E-state index >= 15 is 0 Å². The highest BCUT2D eigenvalue weighted by molar-refractivity contribution is 7.49. The first kappa shape index (κ1) is 13.1. The number of nitrogens with zero attached hydrogens (tertiary/aromatic N) is 1. The third-order valence-electron chi connectivity index (χ3n) is 1.52. The third-order valence-corrected chi connectivity index (χ3v) is 2.58. The summed E-state index contributed by atoms with van der Waals surface area (Å²) < 4.78 is 12.3. The molecule has 0 saturated carbocycles. The van der Waals surface area contributed by atoms with E-state index in [4.69, 9.17) is 9.79 Å². The van der Waals surface area contributed by atoms with E-state index in [9.17, 15) is 4.57 Å². The van der Waals surface area contributed by atoms with Crippen molar-refractivity contribution in [2.24, 2.45) is 11.8 Å². The summed E-state index contributed by atoms with van der Waals surface area (Å²) >= 11 is 0. The summed E-state index contributed by atoms with van der Waals surface area (Å²) in [7, 11) is -4.05. The van der Waals surface area contributed by atoms with E-state index in [1.54, 1.807) is 0 Å². The molecule has 0 aromatic heterocycles. The van der Waals surface area contributed by atoms with Gasteiger partial charge in [-0.15, -0.1) is 0 Å². The molecule has 0 fully saturated rings. The van der Waals surface area contributed by atoms with E-state index in [1.165, 1.54) is 4.67 Å². The molecule has 4 nitrogen and oxygen atoms in total. The van der Waals surface area contributed by atoms with Crippen LogP contribution in [0, 0.1) is 11.8 Å². The molecule has 0 radical (unpaired) electrons. The van der Waals surface area contributed by atoms with Crippen LogP contribution in [0.4, 0.5) is 0 Å². The average Bonchev–Trinajstić information content (AvgIpc) is 1.81. The van der Waals surface area contributed by atoms with E-state index < -0.39 is 7.75 Å². The van der Waals surface area contributed by atoms with Crippen molar-refractivity contribution in [2.45, 2.75) is 27.7 Å². The van der Waals surface area contributed by atoms with Crippen LogP contribution in [0.5, 0.6) is 0 Å². The SMILES string of the molecule is CC(C)CN(CC(C)C)P(=O)(O)O. The Bertz CT molecular complexity index is 178. The maximum Gasteiger partial charge on any atom is 0.403 e. The summed E-state index contributed by atoms with van der Waals surface area (Å²) in [5.41, 5.74) is 0. The van der Waals surface area contributed by atoms with Gasteiger partial charge in [0.2, 0.25) is 0 Å². The lowest BCUT2D eigenvalue weighted by Crippen LogP contribution is -2.28. The average molecular weight is 209 g/mol. The summed E-state index contributed by atoms with van der Waals surface area (Å²) in [6.07, 6.45) is 0. The minimum absolute atomic E-state index is 0.270. The molecule has 0 aliphatic carbocycles. The van der Waals surface area contributed by atoms with Crippen LogP contribution < -0.4 is 0 Å². The molecule has 13 heavy (non-hydrogen) atoms. The lowest BCUT2D eigenvalue weighted by molar-refractivity contribution is 0.238. The molecule has 0 aromatic carbocycles. The second-order valence-corrected chi connectivity index (χ2v) is 5.76. The molecule has 5 heteroatoms. The topological polar surface area (TPSA) is 60.8 Å². The number of hydrogen-bond acceptors (Lipinski definition) is 1. The van der Waals surface area contributed by atoms with E-state index in [1.807, 2.05) is 27.7 Å². The van der Waals surface area contributed by atoms with E-state index in [0.717, 1.165) is 0 Å². The van der Waals surface area contributed by atoms with Crippen LogP contribution in [0.2, 0.25) is 0 Å². The smallest absolute Gasteiger partial charge is 0.312 e. The first-order valence-corrected chi connectivity index (χ1v) is 6.11. The van der Waals surface area contributed by atoms with Gasteiger partial charge in [-0.3, -0.25) is 0 Å². The van der Waals surface area contributed by atoms with Crippen molar-refractivity contribution < 1.29 is 14.4 Å². The van der Waals surface area contributed by atoms with Crippen LogP contribution in [-0.4, -0.2) is 27.5 Å². The maximum atomic E-state index is 11.0. The van der Waals surface area contributed by atoms with Gasteiger partial charge in [-0.1, -0.05) is 27.7 Å². The van der Waals surface area contributed by atoms with Crippen LogP contribution in [0.3, 0.4) is 0 Å². The minimum atomic E-state index is -4.05. The highest BCUT2D eigenvalue weighted by Gasteiger charge is 2.26. The zero-order chi connectivity index (χ0) is 10.6. The molecule has 0 aliphatic rings. The summed E-state index contributed by atoms with van der Waals surface area (Å²) in [6.45, 7) is 8.68. The molecule has 0 atom stereocenters. The highest BCUT2D eigenvalue weighted by atomic mass is 31.2. The number of hydrogen-bond donors (Lipinski definition) is 2. The fourth-order valence-corrected chi connectivity index (χ4v) is 2.21. The molecular formula is C8H20NO3P. The molecule has 0 rings (SSSR count). The summed E-state index contributed by atoms with van der Waals surface area (Å²) in [5.74, 6) is 0.540. The van der Waals surface area contributed by atoms with E-state index in [-0.39, 0.29) is 11.8 Å². The van der Waals surface area contributed by atoms with Gasteiger partial charge in [-0.05, 0) is 11.8 Å². The van der Waals surface area contributed by atoms with Gasteiger partial charge >= 0.3 is 7.75 Å². The highest BCUT2D eigenvalue weighted by Crippen LogP contribution is 2.40. The van der Waals surface area contributed by atoms with Crippen molar-refractivity contribution in [3.05, 3.63) is 0 Å². The fourth-order valence-electron chi connectivity index (χ4n) is 1.13. The van der Waals surface area contributed by atoms with Gasteiger partial charge in [0.15, 0.2) is 0 Å². The lowest BCUT2D eigenvalue weighted by Gasteiger charge is -2.26. The second-order valence-electron chi connectivity index (χ2n) is 4.17. The predicted molar refractivity (Wildman–Crippen MR) is 53.3 cm³/mol. The summed E-state index contributed by atoms with van der Waals surface area (Å²) in [4.78, 5) is 18.0. The molecule has 2 N–H and O–H groups in total. The van der Waals surface area contributed by atoms with Gasteiger partial charge in [-0.25, -0.2) is 9.24 Å². The standard InChI is InChI=1S/C8H20NO3P/c1-7(2)5-9(6-8(3)4)13(10,11)12/h7-8H,5-6H2,1-4H3,(H2,10,11,12). The predicted octanol–water partition coefficient (Wildman–Crippen LogP) is 1.69. The molecule has 0 unspecified atom stereocenters. The summed E-state index contributed by atoms with van der Waals surface area (Å²) in [5, 5.41) is 0. The summed E-state index contributed by atoms with van der Waals surface area (Å²) in [6, 6.07) is 0. The molecule has 0 heterocycles. The number of rotatable bonds is 5. The Hall–Kier alpha value is 0.110. The van der Waals surface area contributed by atoms with Crippen LogP contribution >= 0.6 is 7.75 Å². The van der Waals surface area contributed by atoms with E-state index in [0.29, 0.717) is 13.1 Å². The Morgan fingerprint density at radius 3 is 1.54 bits per heavy atom. The largest absolute Gasteiger partial charge is 0.403 e. The van der Waals surface area contributed by atoms with Crippen LogP contribution in [0.15, 0.2) is 0 Å². The van der Waals surface area contributed by atoms with Gasteiger partial charge in [0.25, 0.3) is 0 Å². The van der Waals surface area contributed by atoms with Crippen LogP contribution in [-0.2, 0) is 4.57 Å². The molecule has 0 spiro atoms. The first-order valence-electron chi connectivity index (χ1n) is 4.54. The van der Waals surface area contributed by atoms with Crippen LogP contribution in [0.1, 0.15) is 27.7 Å². The second kappa shape index (κ2) is 5.11. The van der Waals surface area contributed by atoms with Crippen molar-refractivity contribution in [1.29, 1.82) is 0 Å². The molecule has 0 saturated heterocycles. The molecule has 80 valence electrons. The van der Waals surface area contributed by atoms with Crippen molar-refractivity contribution in [3.8, 4) is 0 Å². The monoisotopic (exact) mass is 209 g/mol. The minimum Gasteiger partial charge on any atom is -0.312 e. The molecule has 0 amide bonds. The quantitative estimate of drug-likeness (QED) is 0.676. The maximum absolute atomic E-state index is 11.0. The van der Waals surface area contributed by atoms with Gasteiger partial charge in [0, 0.05) is 13.1 Å². The van der Waals surface area contributed by atoms with E-state index in [2.05, 4.69) is 0 Å². The van der Waals surface area contributed by atoms with Gasteiger partial charge in [0.05, 0.1) is 0 Å². The van der Waals surface area contributed by atoms with Crippen molar-refractivity contribution in [1.82, 2.24) is 4.67 Å². The Balaban J connectivity index is 4.29. The van der Waals surface area contributed by atoms with Crippen molar-refractivity contribution >= 4 is 7.75 Å². The Morgan fingerprint density at radius 2 is 1.38 bits per heavy atom. The zero-order valence-electron chi connectivity index (χ0n) is 8.77. The van der Waals surface area contributed by atoms with Gasteiger partial charge < -0.3 is 9.79 Å². The third kappa shape index (κ3) is 6.22. The zero-order valence-corrected chi connectivity index (χ0v) is 9.66. The Morgan fingerprint density at radius 1 is 1.08 bits per heavy atom. The Kier molecular flexibility index (Phi) is 5.15.